The van der Waals surface area contributed by atoms with E-state index in [0.29, 0.717) is 11.0 Å². The van der Waals surface area contributed by atoms with Crippen molar-refractivity contribution in [3.05, 3.63) is 35.8 Å². The summed E-state index contributed by atoms with van der Waals surface area (Å²) in [5.41, 5.74) is 1.56. The minimum atomic E-state index is 0.00763. The van der Waals surface area contributed by atoms with Gasteiger partial charge in [-0.1, -0.05) is 23.9 Å². The predicted octanol–water partition coefficient (Wildman–Crippen LogP) is 2.77. The minimum absolute atomic E-state index is 0.00763. The molecule has 1 saturated heterocycles. The summed E-state index contributed by atoms with van der Waals surface area (Å²) in [6, 6.07) is 7.77. The average molecular weight is 360 g/mol. The van der Waals surface area contributed by atoms with E-state index < -0.39 is 0 Å². The maximum atomic E-state index is 12.1. The number of para-hydroxylation sites is 2. The molecule has 124 valence electrons. The Balaban J connectivity index is 1.28. The molecular weight excluding hydrogens is 344 g/mol. The Morgan fingerprint density at radius 1 is 1.46 bits per heavy atom. The molecule has 1 N–H and O–H groups in total. The van der Waals surface area contributed by atoms with Gasteiger partial charge in [-0.15, -0.1) is 11.3 Å². The summed E-state index contributed by atoms with van der Waals surface area (Å²) in [7, 11) is 0. The summed E-state index contributed by atoms with van der Waals surface area (Å²) < 4.78 is 5.61. The summed E-state index contributed by atoms with van der Waals surface area (Å²) in [5, 5.41) is 6.60. The van der Waals surface area contributed by atoms with Gasteiger partial charge in [0.1, 0.15) is 5.52 Å². The van der Waals surface area contributed by atoms with Crippen molar-refractivity contribution in [3.8, 4) is 0 Å². The molecule has 1 aliphatic rings. The monoisotopic (exact) mass is 360 g/mol. The third-order valence-electron chi connectivity index (χ3n) is 3.84. The number of thioether (sulfide) groups is 1. The van der Waals surface area contributed by atoms with E-state index in [-0.39, 0.29) is 11.9 Å². The summed E-state index contributed by atoms with van der Waals surface area (Å²) in [6.45, 7) is 1.74. The maximum absolute atomic E-state index is 12.1. The van der Waals surface area contributed by atoms with Gasteiger partial charge in [0.25, 0.3) is 5.22 Å². The van der Waals surface area contributed by atoms with Gasteiger partial charge in [0.05, 0.1) is 5.75 Å². The van der Waals surface area contributed by atoms with Gasteiger partial charge >= 0.3 is 0 Å². The van der Waals surface area contributed by atoms with Crippen molar-refractivity contribution in [2.24, 2.45) is 0 Å². The van der Waals surface area contributed by atoms with Crippen LogP contribution >= 0.6 is 23.1 Å². The second-order valence-electron chi connectivity index (χ2n) is 5.55. The molecule has 3 heterocycles. The highest BCUT2D eigenvalue weighted by Gasteiger charge is 2.25. The third-order valence-corrected chi connectivity index (χ3v) is 5.50. The molecule has 1 aliphatic heterocycles. The molecule has 0 bridgehead atoms. The molecule has 1 amide bonds. The van der Waals surface area contributed by atoms with E-state index in [4.69, 9.17) is 4.42 Å². The predicted molar refractivity (Wildman–Crippen MR) is 95.6 cm³/mol. The Labute approximate surface area is 147 Å². The van der Waals surface area contributed by atoms with Gasteiger partial charge in [0.15, 0.2) is 10.7 Å². The Bertz CT molecular complexity index is 801. The summed E-state index contributed by atoms with van der Waals surface area (Å²) in [4.78, 5) is 23.0. The van der Waals surface area contributed by atoms with Gasteiger partial charge in [0, 0.05) is 30.7 Å². The quantitative estimate of drug-likeness (QED) is 0.706. The fraction of sp³-hybridized carbons (Fsp3) is 0.312. The van der Waals surface area contributed by atoms with Crippen LogP contribution in [0.25, 0.3) is 11.1 Å². The molecule has 1 unspecified atom stereocenters. The molecule has 4 rings (SSSR count). The number of carbonyl (C=O) groups is 1. The van der Waals surface area contributed by atoms with Gasteiger partial charge < -0.3 is 14.6 Å². The molecule has 0 spiro atoms. The van der Waals surface area contributed by atoms with E-state index in [1.165, 1.54) is 11.8 Å². The highest BCUT2D eigenvalue weighted by atomic mass is 32.2. The number of amides is 1. The van der Waals surface area contributed by atoms with E-state index in [0.717, 1.165) is 35.7 Å². The number of nitrogens with zero attached hydrogens (tertiary/aromatic N) is 3. The van der Waals surface area contributed by atoms with Crippen molar-refractivity contribution in [1.29, 1.82) is 0 Å². The van der Waals surface area contributed by atoms with Crippen molar-refractivity contribution in [1.82, 2.24) is 15.3 Å². The Hall–Kier alpha value is -2.06. The molecule has 1 fully saturated rings. The second-order valence-corrected chi connectivity index (χ2v) is 7.35. The van der Waals surface area contributed by atoms with Crippen LogP contribution < -0.4 is 10.2 Å². The van der Waals surface area contributed by atoms with Gasteiger partial charge in [0.2, 0.25) is 5.91 Å². The third kappa shape index (κ3) is 3.39. The van der Waals surface area contributed by atoms with Crippen LogP contribution in [-0.2, 0) is 4.79 Å². The number of fused-ring (bicyclic) bond motifs is 1. The maximum Gasteiger partial charge on any atom is 0.257 e. The normalized spacial score (nSPS) is 17.5. The number of hydrogen-bond donors (Lipinski definition) is 1. The fourth-order valence-electron chi connectivity index (χ4n) is 2.73. The zero-order valence-electron chi connectivity index (χ0n) is 12.8. The molecule has 2 aromatic heterocycles. The number of benzene rings is 1. The van der Waals surface area contributed by atoms with Crippen LogP contribution in [0.2, 0.25) is 0 Å². The molecule has 1 atom stereocenters. The van der Waals surface area contributed by atoms with E-state index >= 15 is 0 Å². The summed E-state index contributed by atoms with van der Waals surface area (Å²) in [6.07, 6.45) is 2.75. The molecule has 8 heteroatoms. The van der Waals surface area contributed by atoms with Gasteiger partial charge in [-0.3, -0.25) is 4.79 Å². The first kappa shape index (κ1) is 15.5. The molecule has 24 heavy (non-hydrogen) atoms. The van der Waals surface area contributed by atoms with Gasteiger partial charge in [-0.25, -0.2) is 9.97 Å². The largest absolute Gasteiger partial charge is 0.431 e. The highest BCUT2D eigenvalue weighted by Crippen LogP contribution is 2.24. The first-order chi connectivity index (χ1) is 11.8. The van der Waals surface area contributed by atoms with Gasteiger partial charge in [-0.2, -0.15) is 0 Å². The molecule has 0 aliphatic carbocycles. The summed E-state index contributed by atoms with van der Waals surface area (Å²) in [5.74, 6) is 0.314. The summed E-state index contributed by atoms with van der Waals surface area (Å²) >= 11 is 2.95. The lowest BCUT2D eigenvalue weighted by molar-refractivity contribution is -0.119. The minimum Gasteiger partial charge on any atom is -0.431 e. The average Bonchev–Trinajstić information content (AvgIpc) is 3.32. The lowest BCUT2D eigenvalue weighted by Crippen LogP contribution is -2.38. The number of rotatable bonds is 5. The van der Waals surface area contributed by atoms with Crippen molar-refractivity contribution < 1.29 is 9.21 Å². The number of oxazole rings is 1. The van der Waals surface area contributed by atoms with Crippen LogP contribution in [-0.4, -0.2) is 40.8 Å². The van der Waals surface area contributed by atoms with Crippen LogP contribution in [0.1, 0.15) is 6.42 Å². The van der Waals surface area contributed by atoms with Crippen LogP contribution in [0.4, 0.5) is 5.13 Å². The van der Waals surface area contributed by atoms with E-state index in [2.05, 4.69) is 20.2 Å². The first-order valence-corrected chi connectivity index (χ1v) is 9.56. The number of anilines is 1. The van der Waals surface area contributed by atoms with E-state index in [1.54, 1.807) is 11.3 Å². The molecule has 3 aromatic rings. The number of aromatic nitrogens is 2. The molecule has 0 radical (unpaired) electrons. The van der Waals surface area contributed by atoms with Crippen LogP contribution in [0, 0.1) is 0 Å². The van der Waals surface area contributed by atoms with Crippen molar-refractivity contribution in [3.63, 3.8) is 0 Å². The molecule has 1 aromatic carbocycles. The van der Waals surface area contributed by atoms with Crippen molar-refractivity contribution in [2.45, 2.75) is 17.7 Å². The SMILES string of the molecule is O=C(CSc1nc2ccccc2o1)NC1CCN(c2nccs2)C1. The second kappa shape index (κ2) is 6.82. The van der Waals surface area contributed by atoms with Crippen molar-refractivity contribution in [2.75, 3.05) is 23.7 Å². The Kier molecular flexibility index (Phi) is 4.40. The molecule has 0 saturated carbocycles. The zero-order chi connectivity index (χ0) is 16.4. The van der Waals surface area contributed by atoms with E-state index in [9.17, 15) is 4.79 Å². The fourth-order valence-corrected chi connectivity index (χ4v) is 4.06. The van der Waals surface area contributed by atoms with Crippen LogP contribution in [0.3, 0.4) is 0 Å². The number of hydrogen-bond acceptors (Lipinski definition) is 7. The smallest absolute Gasteiger partial charge is 0.257 e. The van der Waals surface area contributed by atoms with Crippen molar-refractivity contribution >= 4 is 45.2 Å². The highest BCUT2D eigenvalue weighted by molar-refractivity contribution is 7.99. The Morgan fingerprint density at radius 2 is 2.38 bits per heavy atom. The first-order valence-electron chi connectivity index (χ1n) is 7.70. The molecular formula is C16H16N4O2S2. The lowest BCUT2D eigenvalue weighted by Gasteiger charge is -2.15. The van der Waals surface area contributed by atoms with Gasteiger partial charge in [-0.05, 0) is 18.6 Å². The van der Waals surface area contributed by atoms with E-state index in [1.807, 2.05) is 35.8 Å². The lowest BCUT2D eigenvalue weighted by atomic mass is 10.3. The Morgan fingerprint density at radius 3 is 3.21 bits per heavy atom. The number of nitrogens with one attached hydrogen (secondary N) is 1. The zero-order valence-corrected chi connectivity index (χ0v) is 14.5. The standard InChI is InChI=1S/C16H16N4O2S2/c21-14(10-24-16-19-12-3-1-2-4-13(12)22-16)18-11-5-7-20(9-11)15-17-6-8-23-15/h1-4,6,8,11H,5,7,9-10H2,(H,18,21). The topological polar surface area (TPSA) is 71.3 Å². The number of carbonyl (C=O) groups excluding carboxylic acids is 1. The van der Waals surface area contributed by atoms with Crippen LogP contribution in [0.15, 0.2) is 45.5 Å². The number of thiazole rings is 1. The van der Waals surface area contributed by atoms with Crippen LogP contribution in [0.5, 0.6) is 0 Å². The molecule has 6 nitrogen and oxygen atoms in total.